The SMILES string of the molecule is c1coc(B2OCCO2)c1. The lowest BCUT2D eigenvalue weighted by Crippen LogP contribution is -2.29. The van der Waals surface area contributed by atoms with E-state index in [0.717, 1.165) is 5.66 Å². The molecule has 0 aromatic carbocycles. The van der Waals surface area contributed by atoms with Gasteiger partial charge in [0.2, 0.25) is 0 Å². The first-order valence-electron chi connectivity index (χ1n) is 3.23. The summed E-state index contributed by atoms with van der Waals surface area (Å²) in [5.74, 6) is 0. The van der Waals surface area contributed by atoms with Gasteiger partial charge in [0.05, 0.1) is 19.5 Å². The van der Waals surface area contributed by atoms with E-state index in [9.17, 15) is 0 Å². The Morgan fingerprint density at radius 3 is 2.70 bits per heavy atom. The van der Waals surface area contributed by atoms with Gasteiger partial charge in [-0.1, -0.05) is 0 Å². The molecule has 1 saturated heterocycles. The van der Waals surface area contributed by atoms with Crippen molar-refractivity contribution in [3.8, 4) is 0 Å². The van der Waals surface area contributed by atoms with Crippen molar-refractivity contribution in [2.75, 3.05) is 13.2 Å². The monoisotopic (exact) mass is 138 g/mol. The van der Waals surface area contributed by atoms with Crippen LogP contribution in [0.5, 0.6) is 0 Å². The zero-order valence-electron chi connectivity index (χ0n) is 5.45. The third-order valence-corrected chi connectivity index (χ3v) is 1.40. The summed E-state index contributed by atoms with van der Waals surface area (Å²) < 4.78 is 15.4. The molecule has 0 saturated carbocycles. The zero-order valence-corrected chi connectivity index (χ0v) is 5.45. The Bertz CT molecular complexity index is 191. The predicted octanol–water partition coefficient (Wildman–Crippen LogP) is 0.0216. The highest BCUT2D eigenvalue weighted by Gasteiger charge is 2.28. The van der Waals surface area contributed by atoms with Crippen LogP contribution in [0.4, 0.5) is 0 Å². The highest BCUT2D eigenvalue weighted by molar-refractivity contribution is 6.60. The van der Waals surface area contributed by atoms with E-state index >= 15 is 0 Å². The maximum atomic E-state index is 5.18. The molecular weight excluding hydrogens is 131 g/mol. The fourth-order valence-electron chi connectivity index (χ4n) is 0.948. The van der Waals surface area contributed by atoms with Crippen molar-refractivity contribution in [2.24, 2.45) is 0 Å². The lowest BCUT2D eigenvalue weighted by molar-refractivity contribution is 0.365. The summed E-state index contributed by atoms with van der Waals surface area (Å²) in [5, 5.41) is 0. The van der Waals surface area contributed by atoms with Gasteiger partial charge >= 0.3 is 7.12 Å². The smallest absolute Gasteiger partial charge is 0.473 e. The first kappa shape index (κ1) is 6.01. The van der Waals surface area contributed by atoms with Gasteiger partial charge in [-0.05, 0) is 12.1 Å². The number of hydrogen-bond acceptors (Lipinski definition) is 3. The van der Waals surface area contributed by atoms with Crippen LogP contribution in [0.2, 0.25) is 0 Å². The minimum atomic E-state index is -0.269. The number of rotatable bonds is 1. The molecule has 0 aliphatic carbocycles. The predicted molar refractivity (Wildman–Crippen MR) is 36.0 cm³/mol. The molecule has 0 N–H and O–H groups in total. The molecule has 4 heteroatoms. The lowest BCUT2D eigenvalue weighted by Gasteiger charge is -1.96. The highest BCUT2D eigenvalue weighted by atomic mass is 16.6. The average Bonchev–Trinajstić information content (AvgIpc) is 2.59. The number of hydrogen-bond donors (Lipinski definition) is 0. The van der Waals surface area contributed by atoms with E-state index in [1.54, 1.807) is 6.26 Å². The van der Waals surface area contributed by atoms with Gasteiger partial charge in [-0.2, -0.15) is 0 Å². The quantitative estimate of drug-likeness (QED) is 0.512. The molecule has 0 radical (unpaired) electrons. The molecule has 0 unspecified atom stereocenters. The van der Waals surface area contributed by atoms with Gasteiger partial charge in [0, 0.05) is 0 Å². The van der Waals surface area contributed by atoms with Crippen LogP contribution in [0.1, 0.15) is 0 Å². The van der Waals surface area contributed by atoms with Gasteiger partial charge in [0.15, 0.2) is 0 Å². The fraction of sp³-hybridized carbons (Fsp3) is 0.333. The Morgan fingerprint density at radius 2 is 2.10 bits per heavy atom. The van der Waals surface area contributed by atoms with Gasteiger partial charge in [0.1, 0.15) is 5.66 Å². The van der Waals surface area contributed by atoms with Crippen LogP contribution >= 0.6 is 0 Å². The molecule has 2 rings (SSSR count). The van der Waals surface area contributed by atoms with Crippen molar-refractivity contribution in [3.05, 3.63) is 18.4 Å². The van der Waals surface area contributed by atoms with Gasteiger partial charge in [-0.25, -0.2) is 0 Å². The second-order valence-corrected chi connectivity index (χ2v) is 2.09. The van der Waals surface area contributed by atoms with Gasteiger partial charge in [0.25, 0.3) is 0 Å². The standard InChI is InChI=1S/C6H7BO3/c1-2-6(8-3-1)7-9-4-5-10-7/h1-3H,4-5H2. The second kappa shape index (κ2) is 2.48. The molecule has 3 nitrogen and oxygen atoms in total. The van der Waals surface area contributed by atoms with Crippen molar-refractivity contribution >= 4 is 12.8 Å². The summed E-state index contributed by atoms with van der Waals surface area (Å²) in [6.45, 7) is 1.32. The molecule has 0 amide bonds. The van der Waals surface area contributed by atoms with E-state index in [4.69, 9.17) is 13.7 Å². The largest absolute Gasteiger partial charge is 0.531 e. The second-order valence-electron chi connectivity index (χ2n) is 2.09. The molecule has 0 spiro atoms. The van der Waals surface area contributed by atoms with Gasteiger partial charge < -0.3 is 13.7 Å². The Morgan fingerprint density at radius 1 is 1.30 bits per heavy atom. The van der Waals surface area contributed by atoms with Crippen LogP contribution in [0.25, 0.3) is 0 Å². The summed E-state index contributed by atoms with van der Waals surface area (Å²) in [5.41, 5.74) is 0.748. The molecule has 1 fully saturated rings. The van der Waals surface area contributed by atoms with E-state index in [0.29, 0.717) is 13.2 Å². The summed E-state index contributed by atoms with van der Waals surface area (Å²) in [6.07, 6.45) is 1.61. The molecule has 0 bridgehead atoms. The van der Waals surface area contributed by atoms with E-state index in [-0.39, 0.29) is 7.12 Å². The fourth-order valence-corrected chi connectivity index (χ4v) is 0.948. The Labute approximate surface area is 59.1 Å². The number of furan rings is 1. The lowest BCUT2D eigenvalue weighted by atomic mass is 9.87. The molecule has 1 aliphatic heterocycles. The minimum Gasteiger partial charge on any atom is -0.473 e. The van der Waals surface area contributed by atoms with E-state index < -0.39 is 0 Å². The van der Waals surface area contributed by atoms with Gasteiger partial charge in [-0.3, -0.25) is 0 Å². The molecule has 1 aromatic heterocycles. The van der Waals surface area contributed by atoms with E-state index in [1.165, 1.54) is 0 Å². The van der Waals surface area contributed by atoms with Crippen molar-refractivity contribution < 1.29 is 13.7 Å². The maximum absolute atomic E-state index is 5.18. The molecule has 0 atom stereocenters. The highest BCUT2D eigenvalue weighted by Crippen LogP contribution is 1.99. The van der Waals surface area contributed by atoms with Gasteiger partial charge in [-0.15, -0.1) is 0 Å². The first-order chi connectivity index (χ1) is 4.97. The van der Waals surface area contributed by atoms with Crippen LogP contribution in [-0.4, -0.2) is 20.3 Å². The third-order valence-electron chi connectivity index (χ3n) is 1.40. The third kappa shape index (κ3) is 0.957. The van der Waals surface area contributed by atoms with Crippen molar-refractivity contribution in [1.29, 1.82) is 0 Å². The van der Waals surface area contributed by atoms with Crippen molar-refractivity contribution in [2.45, 2.75) is 0 Å². The normalized spacial score (nSPS) is 18.2. The van der Waals surface area contributed by atoms with Crippen molar-refractivity contribution in [1.82, 2.24) is 0 Å². The van der Waals surface area contributed by atoms with Crippen LogP contribution < -0.4 is 5.66 Å². The zero-order chi connectivity index (χ0) is 6.81. The topological polar surface area (TPSA) is 31.6 Å². The summed E-state index contributed by atoms with van der Waals surface area (Å²) >= 11 is 0. The van der Waals surface area contributed by atoms with Crippen LogP contribution in [0, 0.1) is 0 Å². The summed E-state index contributed by atoms with van der Waals surface area (Å²) in [7, 11) is -0.269. The summed E-state index contributed by atoms with van der Waals surface area (Å²) in [4.78, 5) is 0. The van der Waals surface area contributed by atoms with E-state index in [1.807, 2.05) is 12.1 Å². The van der Waals surface area contributed by atoms with Crippen LogP contribution in [0.3, 0.4) is 0 Å². The Kier molecular flexibility index (Phi) is 1.49. The maximum Gasteiger partial charge on any atom is 0.531 e. The Hall–Kier alpha value is -0.735. The molecular formula is C6H7BO3. The summed E-state index contributed by atoms with van der Waals surface area (Å²) in [6, 6.07) is 3.66. The van der Waals surface area contributed by atoms with Crippen LogP contribution in [-0.2, 0) is 9.31 Å². The molecule has 2 heterocycles. The first-order valence-corrected chi connectivity index (χ1v) is 3.23. The van der Waals surface area contributed by atoms with Crippen molar-refractivity contribution in [3.63, 3.8) is 0 Å². The van der Waals surface area contributed by atoms with E-state index in [2.05, 4.69) is 0 Å². The minimum absolute atomic E-state index is 0.269. The molecule has 10 heavy (non-hydrogen) atoms. The average molecular weight is 138 g/mol. The Balaban J connectivity index is 2.12. The molecule has 1 aromatic rings. The van der Waals surface area contributed by atoms with Crippen LogP contribution in [0.15, 0.2) is 22.8 Å². The molecule has 52 valence electrons. The molecule has 1 aliphatic rings.